The lowest BCUT2D eigenvalue weighted by Gasteiger charge is -2.07. The van der Waals surface area contributed by atoms with E-state index in [1.165, 1.54) is 0 Å². The first-order valence-corrected chi connectivity index (χ1v) is 6.08. The summed E-state index contributed by atoms with van der Waals surface area (Å²) in [7, 11) is 0. The van der Waals surface area contributed by atoms with E-state index in [1.807, 2.05) is 31.2 Å². The molecule has 0 aromatic heterocycles. The molecular weight excluding hydrogens is 228 g/mol. The molecular formula is C14H20N2O2. The van der Waals surface area contributed by atoms with Crippen LogP contribution in [0.3, 0.4) is 0 Å². The highest BCUT2D eigenvalue weighted by molar-refractivity contribution is 5.78. The van der Waals surface area contributed by atoms with Crippen molar-refractivity contribution in [3.63, 3.8) is 0 Å². The summed E-state index contributed by atoms with van der Waals surface area (Å²) < 4.78 is 5.39. The highest BCUT2D eigenvalue weighted by atomic mass is 16.5. The number of hydrogen-bond acceptors (Lipinski definition) is 3. The van der Waals surface area contributed by atoms with Crippen LogP contribution in [0.5, 0.6) is 5.75 Å². The van der Waals surface area contributed by atoms with Gasteiger partial charge < -0.3 is 4.74 Å². The van der Waals surface area contributed by atoms with Gasteiger partial charge in [-0.15, -0.1) is 0 Å². The van der Waals surface area contributed by atoms with Crippen LogP contribution in [0, 0.1) is 12.8 Å². The molecule has 0 atom stereocenters. The number of hydrogen-bond donors (Lipinski definition) is 1. The Morgan fingerprint density at radius 2 is 2.17 bits per heavy atom. The standard InChI is InChI=1S/C14H20N2O2/c1-11(2)8-9-15-16-14(17)10-18-13-7-5-4-6-12(13)3/h4-7,9,11H,8,10H2,1-3H3,(H,16,17)/b15-9+. The van der Waals surface area contributed by atoms with E-state index in [0.717, 1.165) is 17.7 Å². The maximum Gasteiger partial charge on any atom is 0.277 e. The number of para-hydroxylation sites is 1. The van der Waals surface area contributed by atoms with Gasteiger partial charge in [0.2, 0.25) is 0 Å². The third kappa shape index (κ3) is 5.48. The minimum absolute atomic E-state index is 0.0239. The van der Waals surface area contributed by atoms with E-state index in [9.17, 15) is 4.79 Å². The number of carbonyl (C=O) groups is 1. The molecule has 0 aliphatic heterocycles. The molecule has 4 heteroatoms. The minimum atomic E-state index is -0.252. The van der Waals surface area contributed by atoms with Crippen molar-refractivity contribution in [2.45, 2.75) is 27.2 Å². The van der Waals surface area contributed by atoms with Gasteiger partial charge in [0, 0.05) is 6.21 Å². The molecule has 0 spiro atoms. The molecule has 0 aliphatic rings. The Kier molecular flexibility index (Phi) is 5.91. The molecule has 1 amide bonds. The minimum Gasteiger partial charge on any atom is -0.483 e. The summed E-state index contributed by atoms with van der Waals surface area (Å²) in [5.41, 5.74) is 3.44. The summed E-state index contributed by atoms with van der Waals surface area (Å²) in [4.78, 5) is 11.4. The smallest absolute Gasteiger partial charge is 0.277 e. The zero-order valence-electron chi connectivity index (χ0n) is 11.1. The normalized spacial score (nSPS) is 10.9. The van der Waals surface area contributed by atoms with Crippen LogP contribution in [0.25, 0.3) is 0 Å². The molecule has 0 saturated carbocycles. The molecule has 0 saturated heterocycles. The average molecular weight is 248 g/mol. The predicted octanol–water partition coefficient (Wildman–Crippen LogP) is 2.52. The second-order valence-corrected chi connectivity index (χ2v) is 4.53. The fourth-order valence-electron chi connectivity index (χ4n) is 1.28. The van der Waals surface area contributed by atoms with E-state index >= 15 is 0 Å². The Bertz CT molecular complexity index is 414. The number of ether oxygens (including phenoxy) is 1. The Labute approximate surface area is 108 Å². The Balaban J connectivity index is 2.29. The largest absolute Gasteiger partial charge is 0.483 e. The topological polar surface area (TPSA) is 50.7 Å². The van der Waals surface area contributed by atoms with E-state index in [4.69, 9.17) is 4.74 Å². The third-order valence-electron chi connectivity index (χ3n) is 2.31. The van der Waals surface area contributed by atoms with Gasteiger partial charge >= 0.3 is 0 Å². The lowest BCUT2D eigenvalue weighted by molar-refractivity contribution is -0.123. The van der Waals surface area contributed by atoms with Crippen molar-refractivity contribution in [1.82, 2.24) is 5.43 Å². The third-order valence-corrected chi connectivity index (χ3v) is 2.31. The maximum atomic E-state index is 11.4. The Morgan fingerprint density at radius 1 is 1.44 bits per heavy atom. The lowest BCUT2D eigenvalue weighted by Crippen LogP contribution is -2.24. The zero-order chi connectivity index (χ0) is 13.4. The van der Waals surface area contributed by atoms with Crippen molar-refractivity contribution < 1.29 is 9.53 Å². The number of nitrogens with one attached hydrogen (secondary N) is 1. The van der Waals surface area contributed by atoms with Crippen LogP contribution in [0.15, 0.2) is 29.4 Å². The first-order valence-electron chi connectivity index (χ1n) is 6.08. The van der Waals surface area contributed by atoms with Crippen molar-refractivity contribution >= 4 is 12.1 Å². The summed E-state index contributed by atoms with van der Waals surface area (Å²) in [6.45, 7) is 6.10. The van der Waals surface area contributed by atoms with Gasteiger partial charge in [-0.1, -0.05) is 32.0 Å². The molecule has 18 heavy (non-hydrogen) atoms. The van der Waals surface area contributed by atoms with Crippen molar-refractivity contribution in [2.75, 3.05) is 6.61 Å². The number of carbonyl (C=O) groups excluding carboxylic acids is 1. The first-order chi connectivity index (χ1) is 8.59. The summed E-state index contributed by atoms with van der Waals surface area (Å²) >= 11 is 0. The number of amides is 1. The number of hydrazone groups is 1. The molecule has 0 aliphatic carbocycles. The summed E-state index contributed by atoms with van der Waals surface area (Å²) in [6.07, 6.45) is 2.55. The van der Waals surface area contributed by atoms with Gasteiger partial charge in [-0.25, -0.2) is 5.43 Å². The van der Waals surface area contributed by atoms with Crippen LogP contribution in [-0.2, 0) is 4.79 Å². The van der Waals surface area contributed by atoms with Crippen LogP contribution >= 0.6 is 0 Å². The molecule has 0 heterocycles. The van der Waals surface area contributed by atoms with Crippen molar-refractivity contribution in [3.8, 4) is 5.75 Å². The van der Waals surface area contributed by atoms with E-state index < -0.39 is 0 Å². The van der Waals surface area contributed by atoms with Gasteiger partial charge in [0.05, 0.1) is 0 Å². The molecule has 0 fully saturated rings. The Morgan fingerprint density at radius 3 is 2.83 bits per heavy atom. The van der Waals surface area contributed by atoms with Crippen LogP contribution in [0.4, 0.5) is 0 Å². The summed E-state index contributed by atoms with van der Waals surface area (Å²) in [5.74, 6) is 1.01. The van der Waals surface area contributed by atoms with Gasteiger partial charge in [0.1, 0.15) is 5.75 Å². The average Bonchev–Trinajstić information content (AvgIpc) is 2.33. The molecule has 98 valence electrons. The summed E-state index contributed by atoms with van der Waals surface area (Å²) in [6, 6.07) is 7.58. The fraction of sp³-hybridized carbons (Fsp3) is 0.429. The van der Waals surface area contributed by atoms with E-state index in [-0.39, 0.29) is 12.5 Å². The van der Waals surface area contributed by atoms with Gasteiger partial charge in [0.15, 0.2) is 6.61 Å². The van der Waals surface area contributed by atoms with Crippen LogP contribution in [0.1, 0.15) is 25.8 Å². The van der Waals surface area contributed by atoms with Crippen LogP contribution < -0.4 is 10.2 Å². The van der Waals surface area contributed by atoms with Crippen molar-refractivity contribution in [1.29, 1.82) is 0 Å². The SMILES string of the molecule is Cc1ccccc1OCC(=O)N/N=C/CC(C)C. The van der Waals surface area contributed by atoms with E-state index in [2.05, 4.69) is 24.4 Å². The number of rotatable bonds is 6. The monoisotopic (exact) mass is 248 g/mol. The predicted molar refractivity (Wildman–Crippen MR) is 72.8 cm³/mol. The van der Waals surface area contributed by atoms with Gasteiger partial charge in [-0.3, -0.25) is 4.79 Å². The van der Waals surface area contributed by atoms with E-state index in [1.54, 1.807) is 6.21 Å². The second-order valence-electron chi connectivity index (χ2n) is 4.53. The Hall–Kier alpha value is -1.84. The molecule has 4 nitrogen and oxygen atoms in total. The molecule has 0 bridgehead atoms. The fourth-order valence-corrected chi connectivity index (χ4v) is 1.28. The zero-order valence-corrected chi connectivity index (χ0v) is 11.1. The molecule has 0 unspecified atom stereocenters. The number of aryl methyl sites for hydroxylation is 1. The highest BCUT2D eigenvalue weighted by Crippen LogP contribution is 2.15. The van der Waals surface area contributed by atoms with Gasteiger partial charge in [0.25, 0.3) is 5.91 Å². The van der Waals surface area contributed by atoms with Gasteiger partial charge in [-0.2, -0.15) is 5.10 Å². The molecule has 1 rings (SSSR count). The molecule has 1 aromatic rings. The quantitative estimate of drug-likeness (QED) is 0.621. The van der Waals surface area contributed by atoms with E-state index in [0.29, 0.717) is 5.92 Å². The molecule has 0 radical (unpaired) electrons. The number of benzene rings is 1. The molecule has 1 N–H and O–H groups in total. The first kappa shape index (κ1) is 14.2. The lowest BCUT2D eigenvalue weighted by atomic mass is 10.2. The van der Waals surface area contributed by atoms with Crippen LogP contribution in [-0.4, -0.2) is 18.7 Å². The second kappa shape index (κ2) is 7.48. The van der Waals surface area contributed by atoms with Crippen molar-refractivity contribution in [2.24, 2.45) is 11.0 Å². The summed E-state index contributed by atoms with van der Waals surface area (Å²) in [5, 5.41) is 3.84. The number of nitrogens with zero attached hydrogens (tertiary/aromatic N) is 1. The maximum absolute atomic E-state index is 11.4. The van der Waals surface area contributed by atoms with Crippen molar-refractivity contribution in [3.05, 3.63) is 29.8 Å². The molecule has 1 aromatic carbocycles. The van der Waals surface area contributed by atoms with Gasteiger partial charge in [-0.05, 0) is 30.9 Å². The highest BCUT2D eigenvalue weighted by Gasteiger charge is 2.02. The van der Waals surface area contributed by atoms with Crippen LogP contribution in [0.2, 0.25) is 0 Å².